The summed E-state index contributed by atoms with van der Waals surface area (Å²) in [6.07, 6.45) is 1.52. The van der Waals surface area contributed by atoms with Gasteiger partial charge in [0.1, 0.15) is 24.0 Å². The Hall–Kier alpha value is -2.30. The SMILES string of the molecule is Cc1ccccc1NC(=O)/C(C#N)=C\c1cc(Br)c(OCc2ccc(Cl)cc2Cl)c(Br)c1. The molecule has 3 aromatic carbocycles. The number of hydrogen-bond donors (Lipinski definition) is 1. The fourth-order valence-electron chi connectivity index (χ4n) is 2.81. The minimum absolute atomic E-state index is 0.0198. The van der Waals surface area contributed by atoms with Crippen molar-refractivity contribution in [3.8, 4) is 11.8 Å². The Morgan fingerprint density at radius 1 is 1.12 bits per heavy atom. The van der Waals surface area contributed by atoms with E-state index in [2.05, 4.69) is 37.2 Å². The van der Waals surface area contributed by atoms with Gasteiger partial charge in [0.2, 0.25) is 0 Å². The summed E-state index contributed by atoms with van der Waals surface area (Å²) in [5.41, 5.74) is 2.99. The van der Waals surface area contributed by atoms with Crippen LogP contribution in [0.2, 0.25) is 10.0 Å². The summed E-state index contributed by atoms with van der Waals surface area (Å²) in [6.45, 7) is 2.13. The molecule has 3 aromatic rings. The van der Waals surface area contributed by atoms with Crippen LogP contribution in [0.1, 0.15) is 16.7 Å². The molecule has 0 saturated heterocycles. The maximum atomic E-state index is 12.6. The van der Waals surface area contributed by atoms with Gasteiger partial charge in [0.25, 0.3) is 5.91 Å². The zero-order chi connectivity index (χ0) is 23.3. The number of aryl methyl sites for hydroxylation is 1. The monoisotopic (exact) mass is 592 g/mol. The van der Waals surface area contributed by atoms with Crippen molar-refractivity contribution in [2.45, 2.75) is 13.5 Å². The molecule has 0 aliphatic rings. The van der Waals surface area contributed by atoms with Gasteiger partial charge >= 0.3 is 0 Å². The maximum absolute atomic E-state index is 12.6. The third kappa shape index (κ3) is 6.14. The van der Waals surface area contributed by atoms with Crippen LogP contribution in [0.15, 0.2) is 69.1 Å². The van der Waals surface area contributed by atoms with E-state index in [9.17, 15) is 10.1 Å². The van der Waals surface area contributed by atoms with Crippen LogP contribution in [0.3, 0.4) is 0 Å². The molecule has 0 radical (unpaired) electrons. The summed E-state index contributed by atoms with van der Waals surface area (Å²) in [4.78, 5) is 12.6. The molecule has 0 aliphatic carbocycles. The lowest BCUT2D eigenvalue weighted by molar-refractivity contribution is -0.112. The summed E-state index contributed by atoms with van der Waals surface area (Å²) >= 11 is 19.1. The van der Waals surface area contributed by atoms with Crippen molar-refractivity contribution in [2.75, 3.05) is 5.32 Å². The molecule has 162 valence electrons. The Bertz CT molecular complexity index is 1230. The Labute approximate surface area is 213 Å². The lowest BCUT2D eigenvalue weighted by Gasteiger charge is -2.13. The van der Waals surface area contributed by atoms with E-state index < -0.39 is 5.91 Å². The smallest absolute Gasteiger partial charge is 0.266 e. The van der Waals surface area contributed by atoms with Crippen molar-refractivity contribution >= 4 is 72.7 Å². The highest BCUT2D eigenvalue weighted by molar-refractivity contribution is 9.11. The molecule has 32 heavy (non-hydrogen) atoms. The zero-order valence-corrected chi connectivity index (χ0v) is 21.4. The molecule has 0 fully saturated rings. The average molecular weight is 595 g/mol. The number of hydrogen-bond acceptors (Lipinski definition) is 3. The summed E-state index contributed by atoms with van der Waals surface area (Å²) in [7, 11) is 0. The van der Waals surface area contributed by atoms with Crippen LogP contribution >= 0.6 is 55.1 Å². The fraction of sp³-hybridized carbons (Fsp3) is 0.0833. The first-order valence-corrected chi connectivity index (χ1v) is 11.7. The topological polar surface area (TPSA) is 62.1 Å². The normalized spacial score (nSPS) is 11.1. The van der Waals surface area contributed by atoms with E-state index in [4.69, 9.17) is 27.9 Å². The van der Waals surface area contributed by atoms with Crippen LogP contribution in [-0.4, -0.2) is 5.91 Å². The number of nitriles is 1. The van der Waals surface area contributed by atoms with E-state index in [0.29, 0.717) is 36.0 Å². The van der Waals surface area contributed by atoms with Crippen molar-refractivity contribution in [2.24, 2.45) is 0 Å². The number of nitrogens with one attached hydrogen (secondary N) is 1. The van der Waals surface area contributed by atoms with Gasteiger partial charge in [-0.3, -0.25) is 4.79 Å². The van der Waals surface area contributed by atoms with Crippen LogP contribution in [-0.2, 0) is 11.4 Å². The molecule has 0 spiro atoms. The van der Waals surface area contributed by atoms with Gasteiger partial charge in [-0.2, -0.15) is 5.26 Å². The van der Waals surface area contributed by atoms with Crippen molar-refractivity contribution in [3.05, 3.63) is 95.9 Å². The predicted octanol–water partition coefficient (Wildman–Crippen LogP) is 7.95. The van der Waals surface area contributed by atoms with Crippen molar-refractivity contribution in [1.29, 1.82) is 5.26 Å². The van der Waals surface area contributed by atoms with Gasteiger partial charge in [-0.1, -0.05) is 47.5 Å². The Morgan fingerprint density at radius 3 is 2.44 bits per heavy atom. The number of benzene rings is 3. The first-order valence-electron chi connectivity index (χ1n) is 9.33. The number of halogens is 4. The van der Waals surface area contributed by atoms with Crippen LogP contribution in [0.4, 0.5) is 5.69 Å². The van der Waals surface area contributed by atoms with E-state index in [0.717, 1.165) is 11.1 Å². The standard InChI is InChI=1S/C24H16Br2Cl2N2O2/c1-14-4-2-3-5-22(14)30-24(31)17(12-29)8-15-9-19(25)23(20(26)10-15)32-13-16-6-7-18(27)11-21(16)28/h2-11H,13H2,1H3,(H,30,31)/b17-8-. The lowest BCUT2D eigenvalue weighted by atomic mass is 10.1. The first kappa shape index (κ1) is 24.3. The summed E-state index contributed by atoms with van der Waals surface area (Å²) in [6, 6.07) is 18.1. The van der Waals surface area contributed by atoms with Crippen LogP contribution < -0.4 is 10.1 Å². The Morgan fingerprint density at radius 2 is 1.81 bits per heavy atom. The fourth-order valence-corrected chi connectivity index (χ4v) is 4.72. The molecular formula is C24H16Br2Cl2N2O2. The Balaban J connectivity index is 1.79. The van der Waals surface area contributed by atoms with Gasteiger partial charge in [-0.25, -0.2) is 0 Å². The molecule has 0 saturated carbocycles. The predicted molar refractivity (Wildman–Crippen MR) is 136 cm³/mol. The van der Waals surface area contributed by atoms with Gasteiger partial charge in [-0.15, -0.1) is 0 Å². The first-order chi connectivity index (χ1) is 15.3. The maximum Gasteiger partial charge on any atom is 0.266 e. The van der Waals surface area contributed by atoms with Gasteiger partial charge in [0, 0.05) is 21.3 Å². The van der Waals surface area contributed by atoms with Crippen molar-refractivity contribution < 1.29 is 9.53 Å². The van der Waals surface area contributed by atoms with E-state index in [-0.39, 0.29) is 12.2 Å². The molecule has 1 N–H and O–H groups in total. The zero-order valence-electron chi connectivity index (χ0n) is 16.8. The molecule has 0 unspecified atom stereocenters. The van der Waals surface area contributed by atoms with Crippen LogP contribution in [0.5, 0.6) is 5.75 Å². The summed E-state index contributed by atoms with van der Waals surface area (Å²) in [5, 5.41) is 13.3. The lowest BCUT2D eigenvalue weighted by Crippen LogP contribution is -2.14. The number of amides is 1. The second kappa shape index (κ2) is 11.0. The number of nitrogens with zero attached hydrogens (tertiary/aromatic N) is 1. The van der Waals surface area contributed by atoms with Gasteiger partial charge in [-0.05, 0) is 86.3 Å². The molecule has 0 aromatic heterocycles. The minimum atomic E-state index is -0.480. The number of rotatable bonds is 6. The molecule has 8 heteroatoms. The second-order valence-electron chi connectivity index (χ2n) is 6.78. The quantitative estimate of drug-likeness (QED) is 0.233. The molecule has 0 heterocycles. The summed E-state index contributed by atoms with van der Waals surface area (Å²) in [5.74, 6) is 0.0859. The molecule has 0 atom stereocenters. The van der Waals surface area contributed by atoms with Gasteiger partial charge in [0.15, 0.2) is 0 Å². The highest BCUT2D eigenvalue weighted by Gasteiger charge is 2.14. The molecular weight excluding hydrogens is 579 g/mol. The molecule has 1 amide bonds. The van der Waals surface area contributed by atoms with Crippen molar-refractivity contribution in [3.63, 3.8) is 0 Å². The highest BCUT2D eigenvalue weighted by Crippen LogP contribution is 2.36. The number of para-hydroxylation sites is 1. The van der Waals surface area contributed by atoms with Crippen LogP contribution in [0.25, 0.3) is 6.08 Å². The molecule has 3 rings (SSSR count). The minimum Gasteiger partial charge on any atom is -0.486 e. The van der Waals surface area contributed by atoms with E-state index >= 15 is 0 Å². The number of carbonyl (C=O) groups excluding carboxylic acids is 1. The molecule has 0 aliphatic heterocycles. The second-order valence-corrected chi connectivity index (χ2v) is 9.33. The number of carbonyl (C=O) groups is 1. The largest absolute Gasteiger partial charge is 0.486 e. The van der Waals surface area contributed by atoms with Gasteiger partial charge < -0.3 is 10.1 Å². The van der Waals surface area contributed by atoms with Crippen LogP contribution in [0, 0.1) is 18.3 Å². The molecule has 0 bridgehead atoms. The third-order valence-electron chi connectivity index (χ3n) is 4.48. The Kier molecular flexibility index (Phi) is 8.38. The van der Waals surface area contributed by atoms with E-state index in [1.807, 2.05) is 31.2 Å². The van der Waals surface area contributed by atoms with E-state index in [1.165, 1.54) is 6.08 Å². The summed E-state index contributed by atoms with van der Waals surface area (Å²) < 4.78 is 7.22. The van der Waals surface area contributed by atoms with E-state index in [1.54, 1.807) is 36.4 Å². The number of anilines is 1. The third-order valence-corrected chi connectivity index (χ3v) is 6.24. The molecule has 4 nitrogen and oxygen atoms in total. The average Bonchev–Trinajstić information content (AvgIpc) is 2.74. The van der Waals surface area contributed by atoms with Gasteiger partial charge in [0.05, 0.1) is 8.95 Å². The number of ether oxygens (including phenoxy) is 1. The van der Waals surface area contributed by atoms with Crippen molar-refractivity contribution in [1.82, 2.24) is 0 Å². The highest BCUT2D eigenvalue weighted by atomic mass is 79.9.